The summed E-state index contributed by atoms with van der Waals surface area (Å²) in [5.41, 5.74) is -0.883. The molecule has 0 aliphatic carbocycles. The first kappa shape index (κ1) is 54.4. The molecule has 0 saturated carbocycles. The Bertz CT molecular complexity index is 1600. The molecule has 20 nitrogen and oxygen atoms in total. The Labute approximate surface area is 349 Å². The van der Waals surface area contributed by atoms with E-state index in [1.807, 2.05) is 6.92 Å². The second kappa shape index (κ2) is 25.1. The molecule has 6 atom stereocenters. The maximum atomic E-state index is 12.2. The SMILES string of the molecule is C.C=CCOC(=O)N1C[C@@H](C)C[C@H]1CN(C(=O)OC(C)(C)C)S(N)(=O)=O.C=CCOC(=O)N1C[C@@H](C)C[C@H]1CO.C=CCOC(=O)N1C[C@@H](S)C[C@H]1CNS(N)(=O)=O. The molecule has 3 aliphatic heterocycles. The van der Waals surface area contributed by atoms with Crippen LogP contribution in [0.2, 0.25) is 0 Å². The van der Waals surface area contributed by atoms with Crippen molar-refractivity contribution in [3.63, 3.8) is 0 Å². The van der Waals surface area contributed by atoms with E-state index in [-0.39, 0.29) is 76.3 Å². The van der Waals surface area contributed by atoms with Crippen LogP contribution in [-0.4, -0.2) is 153 Å². The van der Waals surface area contributed by atoms with Gasteiger partial charge < -0.3 is 38.8 Å². The van der Waals surface area contributed by atoms with Crippen molar-refractivity contribution in [2.75, 3.05) is 59.2 Å². The molecule has 3 aliphatic rings. The lowest BCUT2D eigenvalue weighted by Gasteiger charge is -2.30. The van der Waals surface area contributed by atoms with Crippen LogP contribution in [0.15, 0.2) is 38.0 Å². The Kier molecular flexibility index (Phi) is 23.5. The summed E-state index contributed by atoms with van der Waals surface area (Å²) < 4.78 is 67.9. The first-order chi connectivity index (χ1) is 26.4. The minimum absolute atomic E-state index is 0. The second-order valence-corrected chi connectivity index (χ2v) is 18.3. The van der Waals surface area contributed by atoms with Gasteiger partial charge in [-0.15, -0.1) is 0 Å². The summed E-state index contributed by atoms with van der Waals surface area (Å²) in [6.07, 6.45) is 3.84. The molecule has 3 heterocycles. The molecular weight excluding hydrogens is 823 g/mol. The number of hydrogen-bond acceptors (Lipinski definition) is 14. The summed E-state index contributed by atoms with van der Waals surface area (Å²) in [5.74, 6) is 0.561. The van der Waals surface area contributed by atoms with E-state index in [9.17, 15) is 36.0 Å². The zero-order chi connectivity index (χ0) is 43.7. The number of amides is 4. The number of ether oxygens (including phenoxy) is 4. The first-order valence-corrected chi connectivity index (χ1v) is 21.7. The quantitative estimate of drug-likeness (QED) is 0.101. The van der Waals surface area contributed by atoms with Crippen molar-refractivity contribution in [1.29, 1.82) is 0 Å². The van der Waals surface area contributed by atoms with Crippen LogP contribution in [0.1, 0.15) is 61.3 Å². The number of likely N-dealkylation sites (tertiary alicyclic amines) is 3. The van der Waals surface area contributed by atoms with Gasteiger partial charge >= 0.3 is 34.6 Å². The van der Waals surface area contributed by atoms with Crippen LogP contribution < -0.4 is 15.0 Å². The molecular formula is C35H65N7O13S3. The number of thiol groups is 1. The number of hydrogen-bond donors (Lipinski definition) is 5. The van der Waals surface area contributed by atoms with Crippen molar-refractivity contribution in [3.8, 4) is 0 Å². The summed E-state index contributed by atoms with van der Waals surface area (Å²) in [4.78, 5) is 51.9. The van der Waals surface area contributed by atoms with Gasteiger partial charge in [0.05, 0.1) is 25.2 Å². The van der Waals surface area contributed by atoms with Gasteiger partial charge in [-0.05, 0) is 51.9 Å². The molecule has 0 radical (unpaired) electrons. The lowest BCUT2D eigenvalue weighted by atomic mass is 10.1. The number of carbonyl (C=O) groups is 4. The van der Waals surface area contributed by atoms with E-state index >= 15 is 0 Å². The van der Waals surface area contributed by atoms with Crippen LogP contribution in [0.4, 0.5) is 19.2 Å². The largest absolute Gasteiger partial charge is 0.445 e. The number of nitrogens with two attached hydrogens (primary N) is 2. The highest BCUT2D eigenvalue weighted by atomic mass is 32.2. The first-order valence-electron chi connectivity index (χ1n) is 18.1. The number of nitrogens with one attached hydrogen (secondary N) is 1. The average Bonchev–Trinajstić information content (AvgIpc) is 3.80. The van der Waals surface area contributed by atoms with Gasteiger partial charge in [0.1, 0.15) is 25.4 Å². The highest BCUT2D eigenvalue weighted by Gasteiger charge is 2.40. The normalized spacial score (nSPS) is 22.8. The summed E-state index contributed by atoms with van der Waals surface area (Å²) in [6, 6.07) is -0.927. The van der Waals surface area contributed by atoms with Crippen molar-refractivity contribution in [3.05, 3.63) is 38.0 Å². The van der Waals surface area contributed by atoms with Gasteiger partial charge in [0, 0.05) is 37.5 Å². The molecule has 0 unspecified atom stereocenters. The fourth-order valence-corrected chi connectivity index (χ4v) is 7.51. The molecule has 23 heteroatoms. The van der Waals surface area contributed by atoms with Crippen LogP contribution in [0.5, 0.6) is 0 Å². The minimum atomic E-state index is -4.34. The molecule has 6 N–H and O–H groups in total. The topological polar surface area (TPSA) is 271 Å². The molecule has 0 aromatic carbocycles. The smallest absolute Gasteiger partial charge is 0.425 e. The third-order valence-corrected chi connectivity index (χ3v) is 10.2. The van der Waals surface area contributed by atoms with E-state index in [4.69, 9.17) is 34.3 Å². The van der Waals surface area contributed by atoms with E-state index in [1.54, 1.807) is 25.7 Å². The molecule has 3 fully saturated rings. The fraction of sp³-hybridized carbons (Fsp3) is 0.714. The molecule has 58 heavy (non-hydrogen) atoms. The van der Waals surface area contributed by atoms with Crippen molar-refractivity contribution >= 4 is 57.4 Å². The summed E-state index contributed by atoms with van der Waals surface area (Å²) in [6.45, 7) is 20.8. The van der Waals surface area contributed by atoms with E-state index < -0.39 is 50.3 Å². The van der Waals surface area contributed by atoms with Crippen LogP contribution in [0.3, 0.4) is 0 Å². The fourth-order valence-electron chi connectivity index (χ4n) is 6.04. The molecule has 3 rings (SSSR count). The Morgan fingerprint density at radius 3 is 1.59 bits per heavy atom. The van der Waals surface area contributed by atoms with E-state index in [0.717, 1.165) is 6.42 Å². The zero-order valence-electron chi connectivity index (χ0n) is 33.4. The van der Waals surface area contributed by atoms with Crippen LogP contribution >= 0.6 is 12.6 Å². The third kappa shape index (κ3) is 19.9. The van der Waals surface area contributed by atoms with E-state index in [1.165, 1.54) is 28.0 Å². The molecule has 3 saturated heterocycles. The lowest BCUT2D eigenvalue weighted by molar-refractivity contribution is 0.0354. The van der Waals surface area contributed by atoms with Gasteiger partial charge in [-0.1, -0.05) is 59.2 Å². The lowest BCUT2D eigenvalue weighted by Crippen LogP contribution is -2.50. The number of aliphatic hydroxyl groups excluding tert-OH is 1. The molecule has 0 bridgehead atoms. The number of aliphatic hydroxyl groups is 1. The third-order valence-electron chi connectivity index (χ3n) is 8.33. The Morgan fingerprint density at radius 2 is 1.21 bits per heavy atom. The highest BCUT2D eigenvalue weighted by Crippen LogP contribution is 2.26. The van der Waals surface area contributed by atoms with Crippen LogP contribution in [-0.2, 0) is 39.4 Å². The molecule has 0 aromatic heterocycles. The number of carbonyl (C=O) groups excluding carboxylic acids is 4. The summed E-state index contributed by atoms with van der Waals surface area (Å²) in [5, 5.41) is 19.1. The average molecular weight is 888 g/mol. The van der Waals surface area contributed by atoms with E-state index in [0.29, 0.717) is 42.7 Å². The predicted octanol–water partition coefficient (Wildman–Crippen LogP) is 2.58. The van der Waals surface area contributed by atoms with Crippen molar-refractivity contribution in [1.82, 2.24) is 23.7 Å². The van der Waals surface area contributed by atoms with Gasteiger partial charge in [0.25, 0.3) is 10.2 Å². The molecule has 0 aromatic rings. The maximum absolute atomic E-state index is 12.2. The standard InChI is InChI=1S/C15H27N3O6S.C10H17NO3.C9H17N3O4S2.CH4/c1-6-7-23-13(19)17-9-11(2)8-12(17)10-18(25(16,21)22)14(20)24-15(3,4)5;1-3-4-14-10(13)11-6-8(2)5-9(11)7-12;1-2-3-16-9(13)12-6-8(17)4-7(12)5-11-18(10,14)15;/h6,11-12H,1,7-10H2,2-5H3,(H2,16,21,22);3,8-9,12H,1,4-7H2,2H3;2,7-8,11,17H,1,3-6H2,(H2,10,14,15);1H4/t11-,12-;8-,9-;7-,8-;/m000./s1. The van der Waals surface area contributed by atoms with Gasteiger partial charge in [-0.25, -0.2) is 34.2 Å². The number of nitrogens with zero attached hydrogens (tertiary/aromatic N) is 4. The van der Waals surface area contributed by atoms with Crippen molar-refractivity contribution in [2.24, 2.45) is 22.1 Å². The number of rotatable bonds is 13. The van der Waals surface area contributed by atoms with Gasteiger partial charge in [-0.3, -0.25) is 0 Å². The van der Waals surface area contributed by atoms with Crippen LogP contribution in [0.25, 0.3) is 0 Å². The van der Waals surface area contributed by atoms with E-state index in [2.05, 4.69) is 44.0 Å². The Balaban J connectivity index is 0.000000870. The highest BCUT2D eigenvalue weighted by molar-refractivity contribution is 7.87. The maximum Gasteiger partial charge on any atom is 0.425 e. The van der Waals surface area contributed by atoms with Gasteiger partial charge in [0.15, 0.2) is 0 Å². The van der Waals surface area contributed by atoms with Crippen LogP contribution in [0, 0.1) is 11.8 Å². The molecule has 0 spiro atoms. The Hall–Kier alpha value is -3.61. The van der Waals surface area contributed by atoms with Crippen molar-refractivity contribution < 1.29 is 60.1 Å². The predicted molar refractivity (Wildman–Crippen MR) is 222 cm³/mol. The monoisotopic (exact) mass is 887 g/mol. The Morgan fingerprint density at radius 1 is 0.793 bits per heavy atom. The van der Waals surface area contributed by atoms with Gasteiger partial charge in [0.2, 0.25) is 0 Å². The zero-order valence-corrected chi connectivity index (χ0v) is 35.9. The summed E-state index contributed by atoms with van der Waals surface area (Å²) >= 11 is 4.28. The minimum Gasteiger partial charge on any atom is -0.445 e. The second-order valence-electron chi connectivity index (χ2n) is 14.7. The van der Waals surface area contributed by atoms with Gasteiger partial charge in [-0.2, -0.15) is 33.8 Å². The van der Waals surface area contributed by atoms with Crippen molar-refractivity contribution in [2.45, 2.75) is 90.3 Å². The molecule has 336 valence electrons. The molecule has 4 amide bonds. The summed E-state index contributed by atoms with van der Waals surface area (Å²) in [7, 11) is -8.11.